The summed E-state index contributed by atoms with van der Waals surface area (Å²) in [6.45, 7) is 8.32. The van der Waals surface area contributed by atoms with Crippen molar-refractivity contribution in [2.24, 2.45) is 0 Å². The molecular formula is C66H130O11. The van der Waals surface area contributed by atoms with Gasteiger partial charge in [-0.25, -0.2) is 9.59 Å². The Kier molecular flexibility index (Phi) is 64.3. The van der Waals surface area contributed by atoms with Crippen molar-refractivity contribution in [3.8, 4) is 0 Å². The summed E-state index contributed by atoms with van der Waals surface area (Å²) in [5.41, 5.74) is 0. The molecule has 0 aromatic carbocycles. The van der Waals surface area contributed by atoms with Crippen LogP contribution in [0, 0.1) is 0 Å². The Morgan fingerprint density at radius 1 is 0.260 bits per heavy atom. The number of hydrogen-bond donors (Lipinski definition) is 2. The molecule has 0 fully saturated rings. The third-order valence-corrected chi connectivity index (χ3v) is 15.1. The Bertz CT molecular complexity index is 1080. The highest BCUT2D eigenvalue weighted by Gasteiger charge is 2.20. The minimum atomic E-state index is -1.05. The molecule has 0 aromatic heterocycles. The van der Waals surface area contributed by atoms with Crippen LogP contribution in [0.4, 0.5) is 0 Å². The summed E-state index contributed by atoms with van der Waals surface area (Å²) in [6.07, 6.45) is 60.8. The molecule has 0 aromatic rings. The van der Waals surface area contributed by atoms with Crippen molar-refractivity contribution >= 4 is 11.9 Å². The molecule has 2 N–H and O–H groups in total. The van der Waals surface area contributed by atoms with Crippen molar-refractivity contribution in [2.75, 3.05) is 66.1 Å². The fraction of sp³-hybridized carbons (Fsp3) is 0.970. The van der Waals surface area contributed by atoms with Crippen molar-refractivity contribution < 1.29 is 53.0 Å². The molecule has 0 aliphatic carbocycles. The third kappa shape index (κ3) is 63.7. The maximum Gasteiger partial charge on any atom is 0.329 e. The predicted octanol–water partition coefficient (Wildman–Crippen LogP) is 19.1. The number of unbranched alkanes of at least 4 members (excludes halogenated alkanes) is 45. The third-order valence-electron chi connectivity index (χ3n) is 15.1. The van der Waals surface area contributed by atoms with E-state index >= 15 is 0 Å². The van der Waals surface area contributed by atoms with Crippen molar-refractivity contribution in [3.63, 3.8) is 0 Å². The fourth-order valence-corrected chi connectivity index (χ4v) is 10.1. The zero-order valence-electron chi connectivity index (χ0n) is 51.3. The van der Waals surface area contributed by atoms with E-state index in [1.54, 1.807) is 0 Å². The number of carboxylic acids is 2. The Morgan fingerprint density at radius 2 is 0.455 bits per heavy atom. The highest BCUT2D eigenvalue weighted by atomic mass is 16.7. The number of carboxylic acid groups (broad SMARTS) is 2. The van der Waals surface area contributed by atoms with E-state index in [1.165, 1.54) is 270 Å². The van der Waals surface area contributed by atoms with Crippen LogP contribution < -0.4 is 0 Å². The van der Waals surface area contributed by atoms with E-state index in [4.69, 9.17) is 33.2 Å². The summed E-state index contributed by atoms with van der Waals surface area (Å²) in [6, 6.07) is 0. The number of rotatable bonds is 69. The van der Waals surface area contributed by atoms with Gasteiger partial charge < -0.3 is 43.4 Å². The second kappa shape index (κ2) is 65.5. The molecule has 0 radical (unpaired) electrons. The first-order valence-corrected chi connectivity index (χ1v) is 33.6. The van der Waals surface area contributed by atoms with E-state index in [2.05, 4.69) is 20.8 Å². The molecular weight excluding hydrogens is 969 g/mol. The van der Waals surface area contributed by atoms with E-state index in [9.17, 15) is 19.8 Å². The van der Waals surface area contributed by atoms with Crippen LogP contribution in [0.2, 0.25) is 0 Å². The van der Waals surface area contributed by atoms with Crippen molar-refractivity contribution in [2.45, 2.75) is 347 Å². The number of carbonyl (C=O) groups is 2. The zero-order chi connectivity index (χ0) is 55.8. The van der Waals surface area contributed by atoms with Gasteiger partial charge >= 0.3 is 11.9 Å². The molecule has 460 valence electrons. The minimum absolute atomic E-state index is 0.0513. The van der Waals surface area contributed by atoms with Crippen LogP contribution in [0.1, 0.15) is 329 Å². The van der Waals surface area contributed by atoms with Crippen LogP contribution in [0.15, 0.2) is 0 Å². The van der Waals surface area contributed by atoms with Crippen LogP contribution >= 0.6 is 0 Å². The lowest BCUT2D eigenvalue weighted by Gasteiger charge is -2.25. The van der Waals surface area contributed by atoms with Crippen molar-refractivity contribution in [1.29, 1.82) is 0 Å². The van der Waals surface area contributed by atoms with Crippen LogP contribution in [0.3, 0.4) is 0 Å². The SMILES string of the molecule is CCCCCCCCCCCCCCCCCCOCC(COC(COCCCCCCCCCCCCCCCCCC)OCC(COCCCCCCCCCCCCCCCCCC)OCC(=O)O)OCC(=O)O. The summed E-state index contributed by atoms with van der Waals surface area (Å²) in [5, 5.41) is 18.8. The number of aliphatic carboxylic acids is 2. The summed E-state index contributed by atoms with van der Waals surface area (Å²) < 4.78 is 41.9. The average molecular weight is 1100 g/mol. The Morgan fingerprint density at radius 3 is 0.662 bits per heavy atom. The van der Waals surface area contributed by atoms with Gasteiger partial charge in [-0.3, -0.25) is 0 Å². The smallest absolute Gasteiger partial charge is 0.329 e. The maximum absolute atomic E-state index is 11.5. The molecule has 0 bridgehead atoms. The lowest BCUT2D eigenvalue weighted by Crippen LogP contribution is -2.36. The first-order chi connectivity index (χ1) is 37.9. The van der Waals surface area contributed by atoms with Gasteiger partial charge in [-0.05, 0) is 19.3 Å². The Labute approximate surface area is 476 Å². The van der Waals surface area contributed by atoms with Gasteiger partial charge in [0.05, 0.1) is 33.0 Å². The second-order valence-electron chi connectivity index (χ2n) is 22.9. The van der Waals surface area contributed by atoms with Gasteiger partial charge in [0.1, 0.15) is 25.4 Å². The Hall–Kier alpha value is -1.34. The van der Waals surface area contributed by atoms with E-state index < -0.39 is 43.7 Å². The maximum atomic E-state index is 11.5. The summed E-state index contributed by atoms with van der Waals surface area (Å²) in [5.74, 6) is -2.11. The average Bonchev–Trinajstić information content (AvgIpc) is 3.42. The molecule has 77 heavy (non-hydrogen) atoms. The molecule has 2 unspecified atom stereocenters. The molecule has 0 aliphatic heterocycles. The van der Waals surface area contributed by atoms with Gasteiger partial charge in [-0.15, -0.1) is 0 Å². The first kappa shape index (κ1) is 75.7. The summed E-state index contributed by atoms with van der Waals surface area (Å²) in [7, 11) is 0. The predicted molar refractivity (Wildman–Crippen MR) is 322 cm³/mol. The summed E-state index contributed by atoms with van der Waals surface area (Å²) in [4.78, 5) is 23.0. The topological polar surface area (TPSA) is 139 Å². The molecule has 2 atom stereocenters. The quantitative estimate of drug-likeness (QED) is 0.0444. The molecule has 0 heterocycles. The Balaban J connectivity index is 4.83. The van der Waals surface area contributed by atoms with E-state index in [-0.39, 0.29) is 33.0 Å². The van der Waals surface area contributed by atoms with Gasteiger partial charge in [-0.2, -0.15) is 0 Å². The van der Waals surface area contributed by atoms with E-state index in [1.807, 2.05) is 0 Å². The van der Waals surface area contributed by atoms with E-state index in [0.29, 0.717) is 19.8 Å². The van der Waals surface area contributed by atoms with E-state index in [0.717, 1.165) is 38.5 Å². The van der Waals surface area contributed by atoms with Crippen LogP contribution in [-0.4, -0.2) is 107 Å². The van der Waals surface area contributed by atoms with Gasteiger partial charge in [-0.1, -0.05) is 310 Å². The fourth-order valence-electron chi connectivity index (χ4n) is 10.1. The van der Waals surface area contributed by atoms with Crippen LogP contribution in [0.5, 0.6) is 0 Å². The number of hydrogen-bond acceptors (Lipinski definition) is 9. The molecule has 0 spiro atoms. The van der Waals surface area contributed by atoms with Crippen LogP contribution in [0.25, 0.3) is 0 Å². The van der Waals surface area contributed by atoms with Crippen LogP contribution in [-0.2, 0) is 42.7 Å². The molecule has 0 amide bonds. The van der Waals surface area contributed by atoms with Gasteiger partial charge in [0.2, 0.25) is 0 Å². The molecule has 0 aliphatic rings. The highest BCUT2D eigenvalue weighted by Crippen LogP contribution is 2.18. The molecule has 0 saturated heterocycles. The monoisotopic (exact) mass is 1100 g/mol. The summed E-state index contributed by atoms with van der Waals surface area (Å²) >= 11 is 0. The normalized spacial score (nSPS) is 12.9. The molecule has 0 saturated carbocycles. The standard InChI is InChI=1S/C66H130O11/c1-4-7-10-13-16-19-22-25-28-31-34-37-40-43-46-49-52-71-55-62(74-59-64(67)68)57-76-66(61-73-54-51-48-45-42-39-36-33-30-27-24-21-18-15-12-9-6-3)77-58-63(75-60-65(69)70)56-72-53-50-47-44-41-38-35-32-29-26-23-20-17-14-11-8-5-2/h62-63,66H,4-61H2,1-3H3,(H,67,68)(H,69,70). The lowest BCUT2D eigenvalue weighted by molar-refractivity contribution is -0.208. The largest absolute Gasteiger partial charge is 0.480 e. The zero-order valence-corrected chi connectivity index (χ0v) is 51.3. The lowest BCUT2D eigenvalue weighted by atomic mass is 10.0. The van der Waals surface area contributed by atoms with Gasteiger partial charge in [0.15, 0.2) is 6.29 Å². The minimum Gasteiger partial charge on any atom is -0.480 e. The molecule has 11 heteroatoms. The second-order valence-corrected chi connectivity index (χ2v) is 22.9. The highest BCUT2D eigenvalue weighted by molar-refractivity contribution is 5.68. The molecule has 0 rings (SSSR count). The molecule has 11 nitrogen and oxygen atoms in total. The van der Waals surface area contributed by atoms with Gasteiger partial charge in [0.25, 0.3) is 0 Å². The van der Waals surface area contributed by atoms with Crippen molar-refractivity contribution in [1.82, 2.24) is 0 Å². The number of ether oxygens (including phenoxy) is 7. The van der Waals surface area contributed by atoms with Gasteiger partial charge in [0, 0.05) is 19.8 Å². The first-order valence-electron chi connectivity index (χ1n) is 33.6. The van der Waals surface area contributed by atoms with Crippen molar-refractivity contribution in [3.05, 3.63) is 0 Å².